The van der Waals surface area contributed by atoms with Crippen molar-refractivity contribution in [3.8, 4) is 0 Å². The molecule has 1 unspecified atom stereocenters. The van der Waals surface area contributed by atoms with Crippen molar-refractivity contribution >= 4 is 11.9 Å². The van der Waals surface area contributed by atoms with Crippen molar-refractivity contribution in [2.75, 3.05) is 19.6 Å². The van der Waals surface area contributed by atoms with Crippen molar-refractivity contribution < 1.29 is 14.7 Å². The molecule has 5 heteroatoms. The first kappa shape index (κ1) is 11.0. The van der Waals surface area contributed by atoms with E-state index in [-0.39, 0.29) is 12.5 Å². The Balaban J connectivity index is 2.05. The summed E-state index contributed by atoms with van der Waals surface area (Å²) < 4.78 is 0. The molecule has 1 fully saturated rings. The fourth-order valence-corrected chi connectivity index (χ4v) is 1.56. The van der Waals surface area contributed by atoms with Gasteiger partial charge in [-0.2, -0.15) is 0 Å². The van der Waals surface area contributed by atoms with Crippen LogP contribution in [0.1, 0.15) is 19.3 Å². The molecular weight excluding hydrogens is 184 g/mol. The third-order valence-corrected chi connectivity index (χ3v) is 2.38. The van der Waals surface area contributed by atoms with Gasteiger partial charge in [0.15, 0.2) is 0 Å². The highest BCUT2D eigenvalue weighted by Crippen LogP contribution is 2.13. The summed E-state index contributed by atoms with van der Waals surface area (Å²) in [5.41, 5.74) is 0. The SMILES string of the molecule is O=C(O)CNC(=O)CCC1CCNC1. The summed E-state index contributed by atoms with van der Waals surface area (Å²) in [6.07, 6.45) is 2.39. The zero-order valence-corrected chi connectivity index (χ0v) is 8.08. The third-order valence-electron chi connectivity index (χ3n) is 2.38. The van der Waals surface area contributed by atoms with E-state index in [1.807, 2.05) is 0 Å². The summed E-state index contributed by atoms with van der Waals surface area (Å²) in [5.74, 6) is -0.592. The Labute approximate surface area is 82.9 Å². The van der Waals surface area contributed by atoms with Gasteiger partial charge in [-0.3, -0.25) is 9.59 Å². The van der Waals surface area contributed by atoms with Gasteiger partial charge in [0.05, 0.1) is 0 Å². The highest BCUT2D eigenvalue weighted by Gasteiger charge is 2.15. The minimum absolute atomic E-state index is 0.167. The Morgan fingerprint density at radius 2 is 2.29 bits per heavy atom. The van der Waals surface area contributed by atoms with Crippen LogP contribution in [-0.2, 0) is 9.59 Å². The number of amides is 1. The maximum absolute atomic E-state index is 11.1. The van der Waals surface area contributed by atoms with Gasteiger partial charge < -0.3 is 15.7 Å². The maximum atomic E-state index is 11.1. The Hall–Kier alpha value is -1.10. The molecule has 14 heavy (non-hydrogen) atoms. The van der Waals surface area contributed by atoms with E-state index < -0.39 is 5.97 Å². The van der Waals surface area contributed by atoms with E-state index in [0.717, 1.165) is 25.9 Å². The van der Waals surface area contributed by atoms with Crippen molar-refractivity contribution in [1.29, 1.82) is 0 Å². The molecule has 0 spiro atoms. The van der Waals surface area contributed by atoms with Crippen LogP contribution in [0.3, 0.4) is 0 Å². The van der Waals surface area contributed by atoms with E-state index in [4.69, 9.17) is 5.11 Å². The smallest absolute Gasteiger partial charge is 0.322 e. The van der Waals surface area contributed by atoms with E-state index in [1.165, 1.54) is 0 Å². The van der Waals surface area contributed by atoms with E-state index in [2.05, 4.69) is 10.6 Å². The second-order valence-electron chi connectivity index (χ2n) is 3.57. The largest absolute Gasteiger partial charge is 0.480 e. The van der Waals surface area contributed by atoms with Gasteiger partial charge in [-0.15, -0.1) is 0 Å². The van der Waals surface area contributed by atoms with Gasteiger partial charge in [-0.05, 0) is 31.8 Å². The molecule has 0 radical (unpaired) electrons. The molecule has 1 aliphatic rings. The van der Waals surface area contributed by atoms with Crippen molar-refractivity contribution in [3.63, 3.8) is 0 Å². The average molecular weight is 200 g/mol. The molecule has 1 amide bonds. The summed E-state index contributed by atoms with van der Waals surface area (Å²) in [5, 5.41) is 13.9. The molecule has 0 bridgehead atoms. The van der Waals surface area contributed by atoms with Gasteiger partial charge in [0.2, 0.25) is 5.91 Å². The number of hydrogen-bond donors (Lipinski definition) is 3. The average Bonchev–Trinajstić information content (AvgIpc) is 2.63. The molecule has 0 saturated carbocycles. The second kappa shape index (κ2) is 5.59. The number of carbonyl (C=O) groups excluding carboxylic acids is 1. The number of carboxylic acid groups (broad SMARTS) is 1. The van der Waals surface area contributed by atoms with Gasteiger partial charge in [0.1, 0.15) is 6.54 Å². The molecule has 0 aromatic carbocycles. The molecule has 3 N–H and O–H groups in total. The fraction of sp³-hybridized carbons (Fsp3) is 0.778. The van der Waals surface area contributed by atoms with Crippen LogP contribution < -0.4 is 10.6 Å². The minimum Gasteiger partial charge on any atom is -0.480 e. The Morgan fingerprint density at radius 1 is 1.50 bits per heavy atom. The Kier molecular flexibility index (Phi) is 4.39. The summed E-state index contributed by atoms with van der Waals surface area (Å²) in [6.45, 7) is 1.73. The van der Waals surface area contributed by atoms with Crippen LogP contribution >= 0.6 is 0 Å². The van der Waals surface area contributed by atoms with Gasteiger partial charge >= 0.3 is 5.97 Å². The van der Waals surface area contributed by atoms with Crippen LogP contribution in [0.2, 0.25) is 0 Å². The molecular formula is C9H16N2O3. The predicted octanol–water partition coefficient (Wildman–Crippen LogP) is -0.423. The van der Waals surface area contributed by atoms with Gasteiger partial charge in [-0.1, -0.05) is 0 Å². The van der Waals surface area contributed by atoms with Gasteiger partial charge in [-0.25, -0.2) is 0 Å². The first-order valence-electron chi connectivity index (χ1n) is 4.87. The number of carbonyl (C=O) groups is 2. The molecule has 1 rings (SSSR count). The molecule has 0 aliphatic carbocycles. The second-order valence-corrected chi connectivity index (χ2v) is 3.57. The molecule has 0 aromatic rings. The summed E-state index contributed by atoms with van der Waals surface area (Å²) >= 11 is 0. The topological polar surface area (TPSA) is 78.4 Å². The molecule has 1 heterocycles. The molecule has 1 aliphatic heterocycles. The van der Waals surface area contributed by atoms with Crippen molar-refractivity contribution in [3.05, 3.63) is 0 Å². The summed E-state index contributed by atoms with van der Waals surface area (Å²) in [4.78, 5) is 21.2. The molecule has 1 saturated heterocycles. The van der Waals surface area contributed by atoms with Crippen LogP contribution in [-0.4, -0.2) is 36.6 Å². The first-order valence-corrected chi connectivity index (χ1v) is 4.87. The summed E-state index contributed by atoms with van der Waals surface area (Å²) in [7, 11) is 0. The Morgan fingerprint density at radius 3 is 2.86 bits per heavy atom. The molecule has 80 valence electrons. The highest BCUT2D eigenvalue weighted by atomic mass is 16.4. The van der Waals surface area contributed by atoms with Crippen molar-refractivity contribution in [2.45, 2.75) is 19.3 Å². The lowest BCUT2D eigenvalue weighted by Gasteiger charge is -2.07. The van der Waals surface area contributed by atoms with E-state index in [0.29, 0.717) is 12.3 Å². The molecule has 0 aromatic heterocycles. The van der Waals surface area contributed by atoms with Crippen molar-refractivity contribution in [1.82, 2.24) is 10.6 Å². The van der Waals surface area contributed by atoms with Crippen LogP contribution in [0.4, 0.5) is 0 Å². The maximum Gasteiger partial charge on any atom is 0.322 e. The highest BCUT2D eigenvalue weighted by molar-refractivity contribution is 5.80. The minimum atomic E-state index is -0.999. The van der Waals surface area contributed by atoms with Crippen LogP contribution in [0.15, 0.2) is 0 Å². The van der Waals surface area contributed by atoms with E-state index >= 15 is 0 Å². The predicted molar refractivity (Wildman–Crippen MR) is 50.9 cm³/mol. The third kappa shape index (κ3) is 4.23. The van der Waals surface area contributed by atoms with Crippen LogP contribution in [0, 0.1) is 5.92 Å². The van der Waals surface area contributed by atoms with Crippen LogP contribution in [0.5, 0.6) is 0 Å². The van der Waals surface area contributed by atoms with E-state index in [1.54, 1.807) is 0 Å². The van der Waals surface area contributed by atoms with Gasteiger partial charge in [0.25, 0.3) is 0 Å². The number of carboxylic acids is 1. The Bertz CT molecular complexity index is 212. The number of nitrogens with one attached hydrogen (secondary N) is 2. The zero-order chi connectivity index (χ0) is 10.4. The number of aliphatic carboxylic acids is 1. The monoisotopic (exact) mass is 200 g/mol. The quantitative estimate of drug-likeness (QED) is 0.563. The van der Waals surface area contributed by atoms with Gasteiger partial charge in [0, 0.05) is 6.42 Å². The lowest BCUT2D eigenvalue weighted by Crippen LogP contribution is -2.29. The lowest BCUT2D eigenvalue weighted by molar-refractivity contribution is -0.138. The lowest BCUT2D eigenvalue weighted by atomic mass is 10.0. The van der Waals surface area contributed by atoms with E-state index in [9.17, 15) is 9.59 Å². The summed E-state index contributed by atoms with van der Waals surface area (Å²) in [6, 6.07) is 0. The number of rotatable bonds is 5. The molecule has 5 nitrogen and oxygen atoms in total. The van der Waals surface area contributed by atoms with Crippen LogP contribution in [0.25, 0.3) is 0 Å². The number of hydrogen-bond acceptors (Lipinski definition) is 3. The standard InChI is InChI=1S/C9H16N2O3/c12-8(11-6-9(13)14)2-1-7-3-4-10-5-7/h7,10H,1-6H2,(H,11,12)(H,13,14). The normalized spacial score (nSPS) is 20.7. The molecule has 1 atom stereocenters. The fourth-order valence-electron chi connectivity index (χ4n) is 1.56. The van der Waals surface area contributed by atoms with Crippen molar-refractivity contribution in [2.24, 2.45) is 5.92 Å². The first-order chi connectivity index (χ1) is 6.68. The zero-order valence-electron chi connectivity index (χ0n) is 8.08.